The minimum absolute atomic E-state index is 0.00859. The summed E-state index contributed by atoms with van der Waals surface area (Å²) in [7, 11) is 0. The van der Waals surface area contributed by atoms with Crippen LogP contribution >= 0.6 is 0 Å². The van der Waals surface area contributed by atoms with Crippen molar-refractivity contribution in [3.8, 4) is 0 Å². The highest BCUT2D eigenvalue weighted by Gasteiger charge is 2.39. The molecular formula is C19H34N4O8. The van der Waals surface area contributed by atoms with Crippen LogP contribution in [0.3, 0.4) is 0 Å². The number of carboxylic acid groups (broad SMARTS) is 3. The van der Waals surface area contributed by atoms with Gasteiger partial charge in [-0.25, -0.2) is 9.59 Å². The number of rotatable bonds is 14. The van der Waals surface area contributed by atoms with E-state index < -0.39 is 65.7 Å². The van der Waals surface area contributed by atoms with E-state index in [0.717, 1.165) is 0 Å². The van der Waals surface area contributed by atoms with E-state index in [4.69, 9.17) is 21.7 Å². The van der Waals surface area contributed by atoms with Gasteiger partial charge in [0.1, 0.15) is 17.6 Å². The fourth-order valence-electron chi connectivity index (χ4n) is 2.89. The first-order valence-electron chi connectivity index (χ1n) is 9.95. The Morgan fingerprint density at radius 2 is 1.32 bits per heavy atom. The predicted molar refractivity (Wildman–Crippen MR) is 110 cm³/mol. The lowest BCUT2D eigenvalue weighted by Crippen LogP contribution is -2.59. The van der Waals surface area contributed by atoms with Gasteiger partial charge in [-0.2, -0.15) is 0 Å². The molecule has 12 heteroatoms. The summed E-state index contributed by atoms with van der Waals surface area (Å²) in [5.41, 5.74) is 9.89. The number of carbonyl (C=O) groups excluding carboxylic acids is 2. The second kappa shape index (κ2) is 12.2. The number of hydrogen-bond acceptors (Lipinski definition) is 7. The molecule has 0 unspecified atom stereocenters. The second-order valence-electron chi connectivity index (χ2n) is 8.33. The molecule has 0 aromatic heterocycles. The van der Waals surface area contributed by atoms with E-state index in [2.05, 4.69) is 10.6 Å². The maximum atomic E-state index is 12.6. The molecule has 4 atom stereocenters. The van der Waals surface area contributed by atoms with Crippen molar-refractivity contribution in [3.05, 3.63) is 0 Å². The van der Waals surface area contributed by atoms with Gasteiger partial charge in [-0.05, 0) is 31.1 Å². The molecule has 12 nitrogen and oxygen atoms in total. The zero-order chi connectivity index (χ0) is 24.5. The van der Waals surface area contributed by atoms with Crippen molar-refractivity contribution in [1.82, 2.24) is 10.6 Å². The zero-order valence-corrected chi connectivity index (χ0v) is 18.3. The Bertz CT molecular complexity index is 682. The summed E-state index contributed by atoms with van der Waals surface area (Å²) in [5, 5.41) is 32.1. The van der Waals surface area contributed by atoms with E-state index in [1.165, 1.54) is 0 Å². The molecule has 0 radical (unpaired) electrons. The molecule has 0 rings (SSSR count). The van der Waals surface area contributed by atoms with Crippen molar-refractivity contribution in [2.45, 2.75) is 77.0 Å². The Morgan fingerprint density at radius 1 is 0.871 bits per heavy atom. The van der Waals surface area contributed by atoms with Crippen molar-refractivity contribution in [2.75, 3.05) is 0 Å². The van der Waals surface area contributed by atoms with Gasteiger partial charge >= 0.3 is 17.9 Å². The summed E-state index contributed by atoms with van der Waals surface area (Å²) < 4.78 is 0. The Balaban J connectivity index is 5.12. The van der Waals surface area contributed by atoms with Gasteiger partial charge in [-0.15, -0.1) is 0 Å². The molecule has 0 aliphatic carbocycles. The topological polar surface area (TPSA) is 222 Å². The van der Waals surface area contributed by atoms with Crippen LogP contribution in [0.15, 0.2) is 0 Å². The number of hydrogen-bond donors (Lipinski definition) is 7. The van der Waals surface area contributed by atoms with E-state index in [0.29, 0.717) is 0 Å². The largest absolute Gasteiger partial charge is 0.481 e. The Kier molecular flexibility index (Phi) is 11.1. The summed E-state index contributed by atoms with van der Waals surface area (Å²) >= 11 is 0. The van der Waals surface area contributed by atoms with Gasteiger partial charge in [-0.3, -0.25) is 14.4 Å². The maximum absolute atomic E-state index is 12.6. The van der Waals surface area contributed by atoms with Crippen LogP contribution in [-0.4, -0.2) is 68.7 Å². The van der Waals surface area contributed by atoms with Gasteiger partial charge in [-0.1, -0.05) is 27.7 Å². The van der Waals surface area contributed by atoms with Crippen LogP contribution in [-0.2, 0) is 24.0 Å². The van der Waals surface area contributed by atoms with Crippen molar-refractivity contribution >= 4 is 29.7 Å². The molecule has 0 aliphatic heterocycles. The first-order chi connectivity index (χ1) is 14.1. The number of nitrogens with two attached hydrogens (primary N) is 2. The molecule has 0 aromatic rings. The van der Waals surface area contributed by atoms with Crippen LogP contribution in [0.1, 0.15) is 53.4 Å². The molecular weight excluding hydrogens is 412 g/mol. The first-order valence-corrected chi connectivity index (χ1v) is 9.95. The second-order valence-corrected chi connectivity index (χ2v) is 8.33. The Morgan fingerprint density at radius 3 is 1.71 bits per heavy atom. The molecule has 0 fully saturated rings. The number of nitrogens with one attached hydrogen (secondary N) is 2. The van der Waals surface area contributed by atoms with Gasteiger partial charge < -0.3 is 37.4 Å². The average Bonchev–Trinajstić information content (AvgIpc) is 2.61. The monoisotopic (exact) mass is 446 g/mol. The minimum atomic E-state index is -1.91. The van der Waals surface area contributed by atoms with Crippen LogP contribution in [0.25, 0.3) is 0 Å². The molecule has 9 N–H and O–H groups in total. The fourth-order valence-corrected chi connectivity index (χ4v) is 2.89. The Labute approximate surface area is 180 Å². The first kappa shape index (κ1) is 28.3. The minimum Gasteiger partial charge on any atom is -0.481 e. The van der Waals surface area contributed by atoms with Crippen molar-refractivity contribution < 1.29 is 39.3 Å². The molecule has 178 valence electrons. The van der Waals surface area contributed by atoms with Gasteiger partial charge in [0.05, 0.1) is 12.5 Å². The SMILES string of the molecule is CC(C)[C@H](NC(=O)[C@H](N)CCC[C@@](N)(CC(=O)O)C(=O)N[C@H](C(=O)O)C(C)C)C(=O)O. The van der Waals surface area contributed by atoms with Crippen molar-refractivity contribution in [1.29, 1.82) is 0 Å². The van der Waals surface area contributed by atoms with E-state index in [-0.39, 0.29) is 25.2 Å². The fraction of sp³-hybridized carbons (Fsp3) is 0.737. The smallest absolute Gasteiger partial charge is 0.326 e. The lowest BCUT2D eigenvalue weighted by molar-refractivity contribution is -0.145. The third-order valence-electron chi connectivity index (χ3n) is 4.84. The normalized spacial score (nSPS) is 16.1. The third-order valence-corrected chi connectivity index (χ3v) is 4.84. The highest BCUT2D eigenvalue weighted by Crippen LogP contribution is 2.19. The molecule has 0 heterocycles. The summed E-state index contributed by atoms with van der Waals surface area (Å²) in [6.45, 7) is 6.40. The van der Waals surface area contributed by atoms with E-state index in [9.17, 15) is 29.1 Å². The standard InChI is InChI=1S/C19H34N4O8/c1-9(2)13(16(27)28)22-15(26)11(20)6-5-7-19(21,8-12(24)25)18(31)23-14(10(3)4)17(29)30/h9-11,13-14H,5-8,20-21H2,1-4H3,(H,22,26)(H,23,31)(H,24,25)(H,27,28)(H,29,30)/t11-,13+,14+,19-/m1/s1. The lowest BCUT2D eigenvalue weighted by Gasteiger charge is -2.29. The van der Waals surface area contributed by atoms with E-state index >= 15 is 0 Å². The highest BCUT2D eigenvalue weighted by molar-refractivity contribution is 5.93. The van der Waals surface area contributed by atoms with Gasteiger partial charge in [0.15, 0.2) is 0 Å². The Hall–Kier alpha value is -2.73. The summed E-state index contributed by atoms with van der Waals surface area (Å²) in [5.74, 6) is -6.29. The van der Waals surface area contributed by atoms with Crippen molar-refractivity contribution in [3.63, 3.8) is 0 Å². The molecule has 0 saturated heterocycles. The lowest BCUT2D eigenvalue weighted by atomic mass is 9.87. The third kappa shape index (κ3) is 9.30. The zero-order valence-electron chi connectivity index (χ0n) is 18.3. The average molecular weight is 447 g/mol. The number of amides is 2. The summed E-state index contributed by atoms with van der Waals surface area (Å²) in [4.78, 5) is 58.5. The molecule has 0 spiro atoms. The highest BCUT2D eigenvalue weighted by atomic mass is 16.4. The van der Waals surface area contributed by atoms with Crippen LogP contribution in [0.4, 0.5) is 0 Å². The van der Waals surface area contributed by atoms with E-state index in [1.54, 1.807) is 27.7 Å². The molecule has 0 aliphatic rings. The van der Waals surface area contributed by atoms with Gasteiger partial charge in [0, 0.05) is 0 Å². The van der Waals surface area contributed by atoms with Crippen LogP contribution in [0.5, 0.6) is 0 Å². The number of carbonyl (C=O) groups is 5. The number of carboxylic acids is 3. The van der Waals surface area contributed by atoms with Crippen molar-refractivity contribution in [2.24, 2.45) is 23.3 Å². The maximum Gasteiger partial charge on any atom is 0.326 e. The van der Waals surface area contributed by atoms with Gasteiger partial charge in [0.25, 0.3) is 0 Å². The molecule has 31 heavy (non-hydrogen) atoms. The van der Waals surface area contributed by atoms with Crippen LogP contribution in [0, 0.1) is 11.8 Å². The van der Waals surface area contributed by atoms with E-state index in [1.807, 2.05) is 0 Å². The number of aliphatic carboxylic acids is 3. The quantitative estimate of drug-likeness (QED) is 0.174. The van der Waals surface area contributed by atoms with Crippen LogP contribution in [0.2, 0.25) is 0 Å². The predicted octanol–water partition coefficient (Wildman–Crippen LogP) is -0.893. The molecule has 0 saturated carbocycles. The van der Waals surface area contributed by atoms with Crippen LogP contribution < -0.4 is 22.1 Å². The molecule has 2 amide bonds. The molecule has 0 bridgehead atoms. The summed E-state index contributed by atoms with van der Waals surface area (Å²) in [6.07, 6.45) is -0.846. The van der Waals surface area contributed by atoms with Gasteiger partial charge in [0.2, 0.25) is 11.8 Å². The molecule has 0 aromatic carbocycles. The summed E-state index contributed by atoms with van der Waals surface area (Å²) in [6, 6.07) is -3.46.